The number of rotatable bonds is 8. The van der Waals surface area contributed by atoms with Crippen molar-refractivity contribution in [3.8, 4) is 11.5 Å². The zero-order valence-corrected chi connectivity index (χ0v) is 22.1. The van der Waals surface area contributed by atoms with Crippen LogP contribution in [0.1, 0.15) is 49.8 Å². The molecule has 1 aliphatic heterocycles. The SMILES string of the molecule is COc1cccc(OCCCCc2ccc3nc(C(=O)N4CCN(C(=O)OC(C)(C)C)CC4)[nH]c3c2)c1. The first kappa shape index (κ1) is 26.3. The van der Waals surface area contributed by atoms with Crippen molar-refractivity contribution in [3.05, 3.63) is 53.9 Å². The van der Waals surface area contributed by atoms with Gasteiger partial charge in [0.15, 0.2) is 5.82 Å². The second-order valence-electron chi connectivity index (χ2n) is 10.2. The summed E-state index contributed by atoms with van der Waals surface area (Å²) in [7, 11) is 1.64. The Kier molecular flexibility index (Phi) is 8.21. The maximum atomic E-state index is 13.0. The summed E-state index contributed by atoms with van der Waals surface area (Å²) in [5, 5.41) is 0. The zero-order valence-electron chi connectivity index (χ0n) is 22.1. The highest BCUT2D eigenvalue weighted by molar-refractivity contribution is 5.94. The highest BCUT2D eigenvalue weighted by atomic mass is 16.6. The van der Waals surface area contributed by atoms with Crippen molar-refractivity contribution < 1.29 is 23.8 Å². The molecule has 2 heterocycles. The Bertz CT molecular complexity index is 1220. The van der Waals surface area contributed by atoms with E-state index in [4.69, 9.17) is 14.2 Å². The summed E-state index contributed by atoms with van der Waals surface area (Å²) >= 11 is 0. The summed E-state index contributed by atoms with van der Waals surface area (Å²) in [6, 6.07) is 13.7. The number of carbonyl (C=O) groups is 2. The number of aromatic amines is 1. The van der Waals surface area contributed by atoms with Crippen LogP contribution in [0.15, 0.2) is 42.5 Å². The molecule has 9 heteroatoms. The van der Waals surface area contributed by atoms with E-state index >= 15 is 0 Å². The Morgan fingerprint density at radius 2 is 1.70 bits per heavy atom. The fourth-order valence-electron chi connectivity index (χ4n) is 4.19. The number of carbonyl (C=O) groups excluding carboxylic acids is 2. The number of amides is 2. The number of hydrogen-bond donors (Lipinski definition) is 1. The number of nitrogens with zero attached hydrogens (tertiary/aromatic N) is 3. The summed E-state index contributed by atoms with van der Waals surface area (Å²) in [6.45, 7) is 7.93. The Hall–Kier alpha value is -3.75. The Balaban J connectivity index is 1.26. The summed E-state index contributed by atoms with van der Waals surface area (Å²) < 4.78 is 16.5. The molecule has 0 spiro atoms. The van der Waals surface area contributed by atoms with Gasteiger partial charge in [0.2, 0.25) is 0 Å². The highest BCUT2D eigenvalue weighted by Crippen LogP contribution is 2.20. The number of H-pyrrole nitrogens is 1. The third kappa shape index (κ3) is 7.15. The summed E-state index contributed by atoms with van der Waals surface area (Å²) in [5.41, 5.74) is 2.26. The molecule has 4 rings (SSSR count). The van der Waals surface area contributed by atoms with E-state index in [-0.39, 0.29) is 12.0 Å². The van der Waals surface area contributed by atoms with Crippen LogP contribution in [0.5, 0.6) is 11.5 Å². The third-order valence-electron chi connectivity index (χ3n) is 6.14. The van der Waals surface area contributed by atoms with E-state index in [0.29, 0.717) is 38.6 Å². The molecule has 1 saturated heterocycles. The Morgan fingerprint density at radius 3 is 2.43 bits per heavy atom. The summed E-state index contributed by atoms with van der Waals surface area (Å²) in [6.07, 6.45) is 2.48. The van der Waals surface area contributed by atoms with Gasteiger partial charge >= 0.3 is 6.09 Å². The van der Waals surface area contributed by atoms with E-state index in [1.807, 2.05) is 51.1 Å². The van der Waals surface area contributed by atoms with Crippen molar-refractivity contribution in [3.63, 3.8) is 0 Å². The van der Waals surface area contributed by atoms with Crippen molar-refractivity contribution in [2.75, 3.05) is 39.9 Å². The second kappa shape index (κ2) is 11.5. The van der Waals surface area contributed by atoms with Crippen molar-refractivity contribution >= 4 is 23.0 Å². The molecule has 1 aliphatic rings. The van der Waals surface area contributed by atoms with Gasteiger partial charge in [0.05, 0.1) is 24.8 Å². The lowest BCUT2D eigenvalue weighted by Gasteiger charge is -2.35. The predicted octanol–water partition coefficient (Wildman–Crippen LogP) is 4.67. The third-order valence-corrected chi connectivity index (χ3v) is 6.14. The first-order chi connectivity index (χ1) is 17.7. The number of nitrogens with one attached hydrogen (secondary N) is 1. The largest absolute Gasteiger partial charge is 0.497 e. The molecule has 0 atom stereocenters. The number of benzene rings is 2. The molecule has 2 aromatic carbocycles. The fourth-order valence-corrected chi connectivity index (χ4v) is 4.19. The molecule has 0 bridgehead atoms. The maximum Gasteiger partial charge on any atom is 0.410 e. The normalized spacial score (nSPS) is 14.1. The highest BCUT2D eigenvalue weighted by Gasteiger charge is 2.29. The van der Waals surface area contributed by atoms with Crippen LogP contribution in [0.25, 0.3) is 11.0 Å². The summed E-state index contributed by atoms with van der Waals surface area (Å²) in [4.78, 5) is 36.4. The number of aryl methyl sites for hydroxylation is 1. The molecule has 9 nitrogen and oxygen atoms in total. The van der Waals surface area contributed by atoms with E-state index in [1.165, 1.54) is 5.56 Å². The molecule has 198 valence electrons. The van der Waals surface area contributed by atoms with Crippen LogP contribution in [-0.4, -0.2) is 77.3 Å². The van der Waals surface area contributed by atoms with Crippen molar-refractivity contribution in [2.45, 2.75) is 45.6 Å². The smallest absolute Gasteiger partial charge is 0.410 e. The lowest BCUT2D eigenvalue weighted by molar-refractivity contribution is 0.0139. The van der Waals surface area contributed by atoms with Gasteiger partial charge in [0, 0.05) is 32.2 Å². The topological polar surface area (TPSA) is 97.0 Å². The molecule has 3 aromatic rings. The van der Waals surface area contributed by atoms with Gasteiger partial charge < -0.3 is 29.0 Å². The van der Waals surface area contributed by atoms with Crippen molar-refractivity contribution in [2.24, 2.45) is 0 Å². The van der Waals surface area contributed by atoms with E-state index in [0.717, 1.165) is 41.8 Å². The number of imidazole rings is 1. The molecular weight excluding hydrogens is 472 g/mol. The standard InChI is InChI=1S/C28H36N4O5/c1-28(2,3)37-27(34)32-15-13-31(14-16-32)26(33)25-29-23-12-11-20(18-24(23)30-25)8-5-6-17-36-22-10-7-9-21(19-22)35-4/h7,9-12,18-19H,5-6,8,13-17H2,1-4H3,(H,29,30). The van der Waals surface area contributed by atoms with E-state index in [2.05, 4.69) is 22.1 Å². The first-order valence-corrected chi connectivity index (χ1v) is 12.7. The van der Waals surface area contributed by atoms with E-state index in [1.54, 1.807) is 16.9 Å². The number of ether oxygens (including phenoxy) is 3. The molecule has 2 amide bonds. The number of unbranched alkanes of at least 4 members (excludes halogenated alkanes) is 1. The van der Waals surface area contributed by atoms with E-state index in [9.17, 15) is 9.59 Å². The molecule has 0 saturated carbocycles. The summed E-state index contributed by atoms with van der Waals surface area (Å²) in [5.74, 6) is 1.76. The van der Waals surface area contributed by atoms with Gasteiger partial charge in [0.25, 0.3) is 5.91 Å². The first-order valence-electron chi connectivity index (χ1n) is 12.7. The molecule has 37 heavy (non-hydrogen) atoms. The minimum Gasteiger partial charge on any atom is -0.497 e. The van der Waals surface area contributed by atoms with Crippen LogP contribution in [0, 0.1) is 0 Å². The quantitative estimate of drug-likeness (QED) is 0.445. The minimum absolute atomic E-state index is 0.156. The van der Waals surface area contributed by atoms with Gasteiger partial charge in [-0.05, 0) is 69.9 Å². The van der Waals surface area contributed by atoms with Crippen LogP contribution in [0.4, 0.5) is 4.79 Å². The second-order valence-corrected chi connectivity index (χ2v) is 10.2. The molecule has 1 N–H and O–H groups in total. The van der Waals surface area contributed by atoms with Crippen molar-refractivity contribution in [1.82, 2.24) is 19.8 Å². The van der Waals surface area contributed by atoms with Gasteiger partial charge in [-0.3, -0.25) is 4.79 Å². The lowest BCUT2D eigenvalue weighted by Crippen LogP contribution is -2.51. The van der Waals surface area contributed by atoms with Gasteiger partial charge in [-0.15, -0.1) is 0 Å². The van der Waals surface area contributed by atoms with Crippen LogP contribution < -0.4 is 9.47 Å². The molecule has 0 unspecified atom stereocenters. The van der Waals surface area contributed by atoms with Gasteiger partial charge in [0.1, 0.15) is 17.1 Å². The Labute approximate surface area is 217 Å². The average molecular weight is 509 g/mol. The van der Waals surface area contributed by atoms with Crippen LogP contribution in [0.2, 0.25) is 0 Å². The number of fused-ring (bicyclic) bond motifs is 1. The lowest BCUT2D eigenvalue weighted by atomic mass is 10.1. The molecule has 0 radical (unpaired) electrons. The number of hydrogen-bond acceptors (Lipinski definition) is 6. The fraction of sp³-hybridized carbons (Fsp3) is 0.464. The predicted molar refractivity (Wildman–Crippen MR) is 141 cm³/mol. The number of piperazine rings is 1. The van der Waals surface area contributed by atoms with E-state index < -0.39 is 5.60 Å². The van der Waals surface area contributed by atoms with Crippen LogP contribution in [0.3, 0.4) is 0 Å². The Morgan fingerprint density at radius 1 is 0.973 bits per heavy atom. The van der Waals surface area contributed by atoms with Gasteiger partial charge in [-0.1, -0.05) is 12.1 Å². The van der Waals surface area contributed by atoms with Crippen LogP contribution in [-0.2, 0) is 11.2 Å². The molecule has 1 fully saturated rings. The molecule has 0 aliphatic carbocycles. The van der Waals surface area contributed by atoms with Gasteiger partial charge in [-0.25, -0.2) is 9.78 Å². The zero-order chi connectivity index (χ0) is 26.4. The average Bonchev–Trinajstić information content (AvgIpc) is 3.31. The maximum absolute atomic E-state index is 13.0. The monoisotopic (exact) mass is 508 g/mol. The van der Waals surface area contributed by atoms with Crippen LogP contribution >= 0.6 is 0 Å². The molecule has 1 aromatic heterocycles. The minimum atomic E-state index is -0.540. The number of aromatic nitrogens is 2. The van der Waals surface area contributed by atoms with Crippen molar-refractivity contribution in [1.29, 1.82) is 0 Å². The molecular formula is C28H36N4O5. The van der Waals surface area contributed by atoms with Gasteiger partial charge in [-0.2, -0.15) is 0 Å². The number of methoxy groups -OCH3 is 1.